The molecule has 0 radical (unpaired) electrons. The molecule has 20 nitrogen and oxygen atoms in total. The normalized spacial score (nSPS) is 39.5. The number of hydrogen-bond acceptors (Lipinski definition) is 20. The van der Waals surface area contributed by atoms with E-state index in [9.17, 15) is 49.5 Å². The number of hydrogen-bond donors (Lipinski definition) is 5. The number of carbonyl (C=O) groups is 5. The Labute approximate surface area is 819 Å². The predicted octanol–water partition coefficient (Wildman–Crippen LogP) is 21.1. The number of allylic oxidation sites excluding steroid dienone is 5. The lowest BCUT2D eigenvalue weighted by Gasteiger charge is -2.52. The topological polar surface area (TPSA) is 279 Å². The summed E-state index contributed by atoms with van der Waals surface area (Å²) in [5.74, 6) is 0.479. The van der Waals surface area contributed by atoms with Crippen LogP contribution in [0.5, 0.6) is 0 Å². The summed E-state index contributed by atoms with van der Waals surface area (Å²) in [6.45, 7) is 39.2. The molecule has 27 atom stereocenters. The lowest BCUT2D eigenvalue weighted by atomic mass is 9.69. The first-order chi connectivity index (χ1) is 65.5. The zero-order chi connectivity index (χ0) is 98.7. The third kappa shape index (κ3) is 17.7. The van der Waals surface area contributed by atoms with Crippen molar-refractivity contribution < 1.29 is 96.9 Å². The minimum absolute atomic E-state index is 0.0676. The zero-order valence-corrected chi connectivity index (χ0v) is 85.4. The maximum Gasteiger partial charge on any atom is 0.331 e. The molecule has 10 heterocycles. The lowest BCUT2D eigenvalue weighted by molar-refractivity contribution is -0.227. The number of aliphatic hydroxyl groups is 5. The largest absolute Gasteiger partial charge is 0.455 e. The number of fused-ring (bicyclic) bond motifs is 20. The first-order valence-electron chi connectivity index (χ1n) is 52.4. The van der Waals surface area contributed by atoms with Crippen LogP contribution in [0.15, 0.2) is 189 Å². The Balaban J connectivity index is 0.000000120. The van der Waals surface area contributed by atoms with Gasteiger partial charge in [0.1, 0.15) is 28.0 Å². The highest BCUT2D eigenvalue weighted by atomic mass is 16.6. The Morgan fingerprint density at radius 3 is 1.07 bits per heavy atom. The fraction of sp³-hybridized carbons (Fsp3) is 0.636. The van der Waals surface area contributed by atoms with E-state index >= 15 is 0 Å². The number of carbonyl (C=O) groups excluding carboxylic acids is 5. The van der Waals surface area contributed by atoms with Crippen LogP contribution < -0.4 is 0 Å². The summed E-state index contributed by atoms with van der Waals surface area (Å²) >= 11 is 0. The molecular formula is C118H156O20. The van der Waals surface area contributed by atoms with E-state index in [1.807, 2.05) is 118 Å². The third-order valence-corrected chi connectivity index (χ3v) is 37.3. The van der Waals surface area contributed by atoms with Gasteiger partial charge in [-0.3, -0.25) is 14.4 Å². The molecule has 0 aromatic heterocycles. The van der Waals surface area contributed by atoms with Crippen LogP contribution in [0.4, 0.5) is 0 Å². The van der Waals surface area contributed by atoms with Gasteiger partial charge >= 0.3 is 29.8 Å². The molecule has 12 fully saturated rings. The van der Waals surface area contributed by atoms with E-state index in [-0.39, 0.29) is 113 Å². The Kier molecular flexibility index (Phi) is 28.6. The van der Waals surface area contributed by atoms with E-state index < -0.39 is 98.7 Å². The molecule has 0 amide bonds. The molecule has 748 valence electrons. The van der Waals surface area contributed by atoms with E-state index in [4.69, 9.17) is 47.4 Å². The molecule has 21 rings (SSSR count). The predicted molar refractivity (Wildman–Crippen MR) is 530 cm³/mol. The summed E-state index contributed by atoms with van der Waals surface area (Å²) in [6.07, 6.45) is 23.0. The Morgan fingerprint density at radius 2 is 0.703 bits per heavy atom. The summed E-state index contributed by atoms with van der Waals surface area (Å²) in [5.41, 5.74) is 11.0. The van der Waals surface area contributed by atoms with E-state index in [0.29, 0.717) is 44.4 Å². The van der Waals surface area contributed by atoms with Crippen molar-refractivity contribution in [3.05, 3.63) is 211 Å². The van der Waals surface area contributed by atoms with Crippen molar-refractivity contribution in [3.63, 3.8) is 0 Å². The number of esters is 5. The average molecular weight is 1890 g/mol. The van der Waals surface area contributed by atoms with Crippen LogP contribution >= 0.6 is 0 Å². The standard InChI is InChI=1S/C27H34O4.C25H32O4.C25H34O4.C24H30O4.C17H26O4/c1-18-13-15-21-24(18)25(30-23(29)16-14-19-9-5-3-6-10-19)27(20-11-7-4-8-12-20)17-22(28)26(21,2)31-27;1-14(2)25-13-20(26)24(4,29-25)19-11-10-15(3)21(19)22(25)28-23(27)18-12-17(18)16-8-6-5-7-9-16;1-16(2)25-15-20(26)24(4,29-25)19-14-13-17(3)22(19)23(25)28-21(27)12-8-11-18-9-6-5-7-10-18;1-15(2)24-14-19(25)23(4,28-24)18-12-10-16(3)21(18)22(24)27-20(26)13-11-17-8-6-5-7-9-17;1-9(2)17-8-13(19)16(5,21-17)12-7-6-10(3)14(12)15(17)20-11(4)18/h3,5-6,9-10,14,16,20-22,25,28H,4,7-8,11-13,15,17H2,1-2H3;5-9,14,17-20,22,26H,10-13H2,1-4H3;5-7,9-10,16,19-20,23,26H,8,11-15H2,1-4H3;5-9,11,13,15,18-19,22,25H,10,12,14H2,1-4H3;9,12-13,15,19H,6-8H2,1-5H3/b16-14+;;;13-11+;/t21-,22-,25+,26+,27-;17?,18?,19-,20-,22+,24+,25-;19-,20-,23+,24+,25-;18-,19-,22+,23+,24-;12-,13-,15+,16+,17-/m11111/s1. The van der Waals surface area contributed by atoms with Gasteiger partial charge in [0, 0.05) is 87.2 Å². The lowest BCUT2D eigenvalue weighted by Crippen LogP contribution is -2.59. The van der Waals surface area contributed by atoms with Gasteiger partial charge in [-0.25, -0.2) is 9.59 Å². The number of benzene rings is 4. The second-order valence-corrected chi connectivity index (χ2v) is 46.4. The van der Waals surface area contributed by atoms with Crippen molar-refractivity contribution in [1.29, 1.82) is 0 Å². The van der Waals surface area contributed by atoms with Gasteiger partial charge in [0.25, 0.3) is 0 Å². The SMILES string of the molecule is CC(=O)O[C@H]1C2=C(C)CC[C@H]2[C@]2(C)O[C@@]1(C(C)C)C[C@H]2O.CC1=C2[C@@H](CC1)[C@]1(C)O[C@@](C(C)C)(C[C@H]1O)[C@H]2OC(=O)/C=C/c1ccccc1.CC1=C2[C@@H](CC1)[C@]1(C)O[C@@](C(C)C)(C[C@H]1O)[C@H]2OC(=O)C1CC1c1ccccc1.CC1=C2[C@@H](CC1)[C@]1(C)O[C@@](C(C)C)(C[C@H]1O)[C@H]2OC(=O)CCCc1ccccc1.CC1=C2[C@@H](CC1)[C@]1(C)O[C@@](C3CCCCC3)(C[C@H]1O)[C@H]2OC(=O)/C=C/c1ccccc1. The van der Waals surface area contributed by atoms with Crippen LogP contribution in [0, 0.1) is 65.1 Å². The van der Waals surface area contributed by atoms with E-state index in [1.165, 1.54) is 105 Å². The van der Waals surface area contributed by atoms with Gasteiger partial charge in [0.05, 0.1) is 64.4 Å². The van der Waals surface area contributed by atoms with E-state index in [0.717, 1.165) is 107 Å². The average Bonchev–Trinajstić information content (AvgIpc) is 1.55. The fourth-order valence-corrected chi connectivity index (χ4v) is 29.0. The Hall–Kier alpha value is -7.99. The molecule has 10 saturated heterocycles. The van der Waals surface area contributed by atoms with Gasteiger partial charge in [0.15, 0.2) is 30.5 Å². The molecule has 5 N–H and O–H groups in total. The molecule has 0 spiro atoms. The molecule has 2 saturated carbocycles. The maximum absolute atomic E-state index is 13.2. The molecule has 10 aliphatic heterocycles. The van der Waals surface area contributed by atoms with Gasteiger partial charge in [-0.15, -0.1) is 0 Å². The monoisotopic (exact) mass is 1890 g/mol. The second kappa shape index (κ2) is 38.9. The minimum Gasteiger partial charge on any atom is -0.455 e. The van der Waals surface area contributed by atoms with Crippen molar-refractivity contribution in [2.45, 2.75) is 409 Å². The van der Waals surface area contributed by atoms with Crippen LogP contribution in [0.1, 0.15) is 307 Å². The van der Waals surface area contributed by atoms with E-state index in [1.54, 1.807) is 12.2 Å². The highest BCUT2D eigenvalue weighted by molar-refractivity contribution is 5.88. The number of aryl methyl sites for hydroxylation is 1. The minimum atomic E-state index is -0.679. The van der Waals surface area contributed by atoms with Gasteiger partial charge in [-0.05, 0) is 263 Å². The molecule has 17 aliphatic rings. The quantitative estimate of drug-likeness (QED) is 0.0238. The van der Waals surface area contributed by atoms with Crippen molar-refractivity contribution in [2.24, 2.45) is 65.1 Å². The molecule has 20 heteroatoms. The van der Waals surface area contributed by atoms with Crippen LogP contribution in [-0.2, 0) is 77.8 Å². The van der Waals surface area contributed by atoms with Gasteiger partial charge < -0.3 is 72.9 Å². The van der Waals surface area contributed by atoms with Crippen molar-refractivity contribution in [3.8, 4) is 0 Å². The van der Waals surface area contributed by atoms with Crippen LogP contribution in [-0.4, -0.2) is 172 Å². The molecule has 2 unspecified atom stereocenters. The summed E-state index contributed by atoms with van der Waals surface area (Å²) in [7, 11) is 0. The number of aliphatic hydroxyl groups excluding tert-OH is 5. The van der Waals surface area contributed by atoms with Gasteiger partial charge in [0.2, 0.25) is 0 Å². The van der Waals surface area contributed by atoms with Crippen molar-refractivity contribution in [1.82, 2.24) is 0 Å². The van der Waals surface area contributed by atoms with Gasteiger partial charge in [-0.1, -0.05) is 224 Å². The zero-order valence-electron chi connectivity index (χ0n) is 85.4. The van der Waals surface area contributed by atoms with Gasteiger partial charge in [-0.2, -0.15) is 0 Å². The molecular weight excluding hydrogens is 1740 g/mol. The first kappa shape index (κ1) is 101. The number of rotatable bonds is 20. The molecule has 4 aromatic rings. The van der Waals surface area contributed by atoms with Crippen molar-refractivity contribution in [2.75, 3.05) is 0 Å². The van der Waals surface area contributed by atoms with E-state index in [2.05, 4.69) is 128 Å². The molecule has 10 bridgehead atoms. The Bertz CT molecular complexity index is 5410. The second-order valence-electron chi connectivity index (χ2n) is 46.4. The van der Waals surface area contributed by atoms with Crippen LogP contribution in [0.2, 0.25) is 0 Å². The summed E-state index contributed by atoms with van der Waals surface area (Å²) in [5, 5.41) is 54.7. The Morgan fingerprint density at radius 1 is 0.384 bits per heavy atom. The number of ether oxygens (including phenoxy) is 10. The van der Waals surface area contributed by atoms with Crippen LogP contribution in [0.25, 0.3) is 12.2 Å². The summed E-state index contributed by atoms with van der Waals surface area (Å²) in [4.78, 5) is 63.4. The van der Waals surface area contributed by atoms with Crippen molar-refractivity contribution >= 4 is 42.0 Å². The highest BCUT2D eigenvalue weighted by Gasteiger charge is 2.75. The third-order valence-electron chi connectivity index (χ3n) is 37.3. The molecule has 138 heavy (non-hydrogen) atoms. The fourth-order valence-electron chi connectivity index (χ4n) is 29.0. The molecule has 7 aliphatic carbocycles. The first-order valence-corrected chi connectivity index (χ1v) is 52.4. The summed E-state index contributed by atoms with van der Waals surface area (Å²) in [6, 6.07) is 40.0. The smallest absolute Gasteiger partial charge is 0.331 e. The van der Waals surface area contributed by atoms with Crippen LogP contribution in [0.3, 0.4) is 0 Å². The summed E-state index contributed by atoms with van der Waals surface area (Å²) < 4.78 is 63.8. The molecule has 4 aromatic carbocycles. The highest BCUT2D eigenvalue weighted by Crippen LogP contribution is 2.68. The maximum atomic E-state index is 13.2.